The monoisotopic (exact) mass is 443 g/mol. The van der Waals surface area contributed by atoms with Crippen molar-refractivity contribution in [3.05, 3.63) is 33.9 Å². The van der Waals surface area contributed by atoms with Gasteiger partial charge in [0.05, 0.1) is 25.0 Å². The first-order valence-electron chi connectivity index (χ1n) is 7.95. The highest BCUT2D eigenvalue weighted by Crippen LogP contribution is 2.40. The van der Waals surface area contributed by atoms with Gasteiger partial charge in [0, 0.05) is 4.47 Å². The Morgan fingerprint density at radius 3 is 2.92 bits per heavy atom. The number of esters is 1. The second-order valence-corrected chi connectivity index (χ2v) is 8.52. The van der Waals surface area contributed by atoms with E-state index in [-0.39, 0.29) is 29.8 Å². The van der Waals surface area contributed by atoms with Gasteiger partial charge in [-0.15, -0.1) is 0 Å². The lowest BCUT2D eigenvalue weighted by atomic mass is 10.2. The summed E-state index contributed by atoms with van der Waals surface area (Å²) in [5.74, 6) is -0.281. The first-order chi connectivity index (χ1) is 12.3. The summed E-state index contributed by atoms with van der Waals surface area (Å²) in [5, 5.41) is 5.84. The van der Waals surface area contributed by atoms with Crippen molar-refractivity contribution in [3.8, 4) is 5.75 Å². The Balaban J connectivity index is 2.11. The van der Waals surface area contributed by atoms with Crippen molar-refractivity contribution < 1.29 is 22.7 Å². The van der Waals surface area contributed by atoms with E-state index in [2.05, 4.69) is 26.1 Å². The van der Waals surface area contributed by atoms with Crippen molar-refractivity contribution >= 4 is 37.6 Å². The zero-order valence-corrected chi connectivity index (χ0v) is 16.8. The molecule has 1 aliphatic heterocycles. The first-order valence-corrected chi connectivity index (χ1v) is 10.2. The molecule has 3 rings (SSSR count). The number of anilines is 1. The molecule has 0 spiro atoms. The number of benzene rings is 1. The molecule has 0 radical (unpaired) electrons. The molecule has 2 heterocycles. The number of sulfonamides is 1. The van der Waals surface area contributed by atoms with E-state index in [0.717, 1.165) is 16.2 Å². The number of ether oxygens (including phenoxy) is 2. The molecule has 2 aromatic rings. The van der Waals surface area contributed by atoms with Gasteiger partial charge < -0.3 is 9.47 Å². The van der Waals surface area contributed by atoms with Gasteiger partial charge in [0.25, 0.3) is 10.0 Å². The van der Waals surface area contributed by atoms with Gasteiger partial charge in [0.1, 0.15) is 17.4 Å². The largest absolute Gasteiger partial charge is 0.487 e. The van der Waals surface area contributed by atoms with Gasteiger partial charge in [0.2, 0.25) is 0 Å². The lowest BCUT2D eigenvalue weighted by Gasteiger charge is -2.34. The first kappa shape index (κ1) is 18.7. The number of aromatic nitrogens is 2. The predicted molar refractivity (Wildman–Crippen MR) is 98.0 cm³/mol. The Morgan fingerprint density at radius 2 is 2.23 bits per heavy atom. The highest BCUT2D eigenvalue weighted by atomic mass is 79.9. The smallest absolute Gasteiger partial charge is 0.342 e. The third kappa shape index (κ3) is 3.18. The van der Waals surface area contributed by atoms with Crippen molar-refractivity contribution in [2.75, 3.05) is 17.5 Å². The summed E-state index contributed by atoms with van der Waals surface area (Å²) in [4.78, 5) is 12.1. The van der Waals surface area contributed by atoms with Crippen molar-refractivity contribution in [1.29, 1.82) is 0 Å². The van der Waals surface area contributed by atoms with Gasteiger partial charge in [-0.05, 0) is 38.5 Å². The Kier molecular flexibility index (Phi) is 4.98. The number of aromatic amines is 1. The van der Waals surface area contributed by atoms with Gasteiger partial charge >= 0.3 is 5.97 Å². The topological polar surface area (TPSA) is 102 Å². The van der Waals surface area contributed by atoms with E-state index in [9.17, 15) is 13.2 Å². The highest BCUT2D eigenvalue weighted by Gasteiger charge is 2.37. The minimum atomic E-state index is -4.08. The summed E-state index contributed by atoms with van der Waals surface area (Å²) >= 11 is 3.42. The minimum absolute atomic E-state index is 0.103. The van der Waals surface area contributed by atoms with E-state index in [1.165, 1.54) is 4.31 Å². The van der Waals surface area contributed by atoms with Crippen molar-refractivity contribution in [1.82, 2.24) is 10.2 Å². The fraction of sp³-hybridized carbons (Fsp3) is 0.375. The van der Waals surface area contributed by atoms with Crippen LogP contribution in [0, 0.1) is 6.92 Å². The average Bonchev–Trinajstić information content (AvgIpc) is 3.06. The molecule has 0 bridgehead atoms. The van der Waals surface area contributed by atoms with Crippen LogP contribution in [0.25, 0.3) is 0 Å². The number of aryl methyl sites for hydroxylation is 1. The SMILES string of the molecule is CCOC(=O)c1cn[nH]c1S(=O)(=O)N1C[C@@H](C)Oc2cc(C)c(Br)cc21. The normalized spacial score (nSPS) is 16.8. The standard InChI is InChI=1S/C16H18BrN3O5S/c1-4-24-16(21)11-7-18-19-15(11)26(22,23)20-8-10(3)25-14-5-9(2)12(17)6-13(14)20/h5-7,10H,4,8H2,1-3H3,(H,18,19)/t10-/m1/s1. The second-order valence-electron chi connectivity index (χ2n) is 5.87. The van der Waals surface area contributed by atoms with E-state index < -0.39 is 16.0 Å². The number of hydrogen-bond acceptors (Lipinski definition) is 6. The van der Waals surface area contributed by atoms with Crippen LogP contribution in [0.3, 0.4) is 0 Å². The summed E-state index contributed by atoms with van der Waals surface area (Å²) in [5.41, 5.74) is 1.19. The van der Waals surface area contributed by atoms with Crippen LogP contribution in [0.5, 0.6) is 5.75 Å². The number of fused-ring (bicyclic) bond motifs is 1. The molecule has 26 heavy (non-hydrogen) atoms. The van der Waals surface area contributed by atoms with Gasteiger partial charge in [-0.1, -0.05) is 15.9 Å². The molecule has 8 nitrogen and oxygen atoms in total. The molecule has 1 aromatic carbocycles. The van der Waals surface area contributed by atoms with E-state index in [0.29, 0.717) is 11.4 Å². The number of nitrogens with one attached hydrogen (secondary N) is 1. The van der Waals surface area contributed by atoms with E-state index >= 15 is 0 Å². The molecule has 0 fully saturated rings. The maximum atomic E-state index is 13.3. The zero-order valence-electron chi connectivity index (χ0n) is 14.4. The molecule has 0 saturated heterocycles. The lowest BCUT2D eigenvalue weighted by Crippen LogP contribution is -2.42. The molecule has 0 unspecified atom stereocenters. The fourth-order valence-electron chi connectivity index (χ4n) is 2.68. The van der Waals surface area contributed by atoms with Crippen LogP contribution in [0.1, 0.15) is 29.8 Å². The lowest BCUT2D eigenvalue weighted by molar-refractivity contribution is 0.0522. The number of nitrogens with zero attached hydrogens (tertiary/aromatic N) is 2. The molecule has 1 N–H and O–H groups in total. The number of carbonyl (C=O) groups excluding carboxylic acids is 1. The quantitative estimate of drug-likeness (QED) is 0.728. The molecule has 140 valence electrons. The third-order valence-corrected chi connectivity index (χ3v) is 6.52. The van der Waals surface area contributed by atoms with Crippen LogP contribution >= 0.6 is 15.9 Å². The van der Waals surface area contributed by atoms with Crippen LogP contribution < -0.4 is 9.04 Å². The number of H-pyrrole nitrogens is 1. The Bertz CT molecular complexity index is 957. The molecule has 1 aromatic heterocycles. The molecular formula is C16H18BrN3O5S. The summed E-state index contributed by atoms with van der Waals surface area (Å²) < 4.78 is 39.2. The fourth-order valence-corrected chi connectivity index (χ4v) is 4.62. The van der Waals surface area contributed by atoms with Crippen LogP contribution in [0.4, 0.5) is 5.69 Å². The van der Waals surface area contributed by atoms with Crippen molar-refractivity contribution in [2.24, 2.45) is 0 Å². The summed E-state index contributed by atoms with van der Waals surface area (Å²) in [6.45, 7) is 5.55. The summed E-state index contributed by atoms with van der Waals surface area (Å²) in [6.07, 6.45) is 0.799. The van der Waals surface area contributed by atoms with Gasteiger partial charge in [-0.3, -0.25) is 9.40 Å². The van der Waals surface area contributed by atoms with Crippen LogP contribution in [0.15, 0.2) is 27.8 Å². The van der Waals surface area contributed by atoms with Crippen LogP contribution in [-0.2, 0) is 14.8 Å². The van der Waals surface area contributed by atoms with Gasteiger partial charge in [0.15, 0.2) is 5.03 Å². The zero-order chi connectivity index (χ0) is 19.1. The predicted octanol–water partition coefficient (Wildman–Crippen LogP) is 2.63. The summed E-state index contributed by atoms with van der Waals surface area (Å²) in [7, 11) is -4.08. The Hall–Kier alpha value is -2.07. The number of rotatable bonds is 4. The van der Waals surface area contributed by atoms with Crippen molar-refractivity contribution in [3.63, 3.8) is 0 Å². The molecule has 0 amide bonds. The average molecular weight is 444 g/mol. The minimum Gasteiger partial charge on any atom is -0.487 e. The Labute approximate surface area is 159 Å². The molecule has 10 heteroatoms. The van der Waals surface area contributed by atoms with E-state index in [4.69, 9.17) is 9.47 Å². The van der Waals surface area contributed by atoms with Gasteiger partial charge in [-0.25, -0.2) is 4.79 Å². The molecular weight excluding hydrogens is 426 g/mol. The van der Waals surface area contributed by atoms with Crippen molar-refractivity contribution in [2.45, 2.75) is 31.9 Å². The number of halogens is 1. The van der Waals surface area contributed by atoms with Gasteiger partial charge in [-0.2, -0.15) is 13.5 Å². The highest BCUT2D eigenvalue weighted by molar-refractivity contribution is 9.10. The van der Waals surface area contributed by atoms with E-state index in [1.807, 2.05) is 6.92 Å². The van der Waals surface area contributed by atoms with E-state index in [1.54, 1.807) is 26.0 Å². The summed E-state index contributed by atoms with van der Waals surface area (Å²) in [6, 6.07) is 3.46. The molecule has 1 aliphatic rings. The molecule has 0 saturated carbocycles. The molecule has 1 atom stereocenters. The number of carbonyl (C=O) groups is 1. The number of hydrogen-bond donors (Lipinski definition) is 1. The maximum Gasteiger partial charge on any atom is 0.342 e. The van der Waals surface area contributed by atoms with Crippen LogP contribution in [-0.4, -0.2) is 43.8 Å². The Morgan fingerprint density at radius 1 is 1.50 bits per heavy atom. The third-order valence-electron chi connectivity index (χ3n) is 3.91. The second kappa shape index (κ2) is 6.92. The molecule has 0 aliphatic carbocycles. The maximum absolute atomic E-state index is 13.3. The van der Waals surface area contributed by atoms with Crippen LogP contribution in [0.2, 0.25) is 0 Å².